The molecule has 1 amide bonds. The number of nitrogens with zero attached hydrogens (tertiary/aromatic N) is 3. The summed E-state index contributed by atoms with van der Waals surface area (Å²) in [6.45, 7) is 5.16. The first kappa shape index (κ1) is 23.0. The van der Waals surface area contributed by atoms with E-state index >= 15 is 0 Å². The van der Waals surface area contributed by atoms with Crippen molar-refractivity contribution >= 4 is 39.4 Å². The van der Waals surface area contributed by atoms with Gasteiger partial charge in [-0.15, -0.1) is 11.3 Å². The second kappa shape index (κ2) is 9.74. The summed E-state index contributed by atoms with van der Waals surface area (Å²) in [5.74, 6) is -1.19. The van der Waals surface area contributed by atoms with Crippen LogP contribution >= 0.6 is 11.3 Å². The maximum Gasteiger partial charge on any atom is 0.348 e. The highest BCUT2D eigenvalue weighted by Crippen LogP contribution is 2.29. The molecule has 3 heterocycles. The second-order valence-corrected chi connectivity index (χ2v) is 9.34. The van der Waals surface area contributed by atoms with Gasteiger partial charge in [0.2, 0.25) is 0 Å². The molecular formula is C24H27N3O5S. The highest BCUT2D eigenvalue weighted by Gasteiger charge is 2.28. The number of benzene rings is 1. The highest BCUT2D eigenvalue weighted by molar-refractivity contribution is 7.20. The van der Waals surface area contributed by atoms with E-state index in [1.165, 1.54) is 24.0 Å². The smallest absolute Gasteiger partial charge is 0.348 e. The first-order valence-electron chi connectivity index (χ1n) is 10.9. The average Bonchev–Trinajstić information content (AvgIpc) is 3.39. The number of ether oxygens (including phenoxy) is 2. The number of hydrogen-bond acceptors (Lipinski definition) is 7. The van der Waals surface area contributed by atoms with Gasteiger partial charge in [-0.3, -0.25) is 14.3 Å². The summed E-state index contributed by atoms with van der Waals surface area (Å²) in [5.41, 5.74) is 3.17. The zero-order valence-corrected chi connectivity index (χ0v) is 19.8. The van der Waals surface area contributed by atoms with Gasteiger partial charge < -0.3 is 14.4 Å². The lowest BCUT2D eigenvalue weighted by Gasteiger charge is -2.30. The van der Waals surface area contributed by atoms with Crippen molar-refractivity contribution in [2.24, 2.45) is 5.92 Å². The summed E-state index contributed by atoms with van der Waals surface area (Å²) < 4.78 is 12.0. The topological polar surface area (TPSA) is 90.7 Å². The maximum atomic E-state index is 12.6. The third kappa shape index (κ3) is 5.08. The molecule has 0 atom stereocenters. The van der Waals surface area contributed by atoms with E-state index in [9.17, 15) is 14.4 Å². The Labute approximate surface area is 196 Å². The van der Waals surface area contributed by atoms with Crippen LogP contribution in [0.4, 0.5) is 0 Å². The van der Waals surface area contributed by atoms with Crippen LogP contribution in [0.1, 0.15) is 39.3 Å². The minimum Gasteiger partial charge on any atom is -0.469 e. The van der Waals surface area contributed by atoms with E-state index in [0.29, 0.717) is 37.4 Å². The molecule has 0 saturated carbocycles. The molecule has 0 unspecified atom stereocenters. The number of piperidine rings is 1. The maximum absolute atomic E-state index is 12.6. The number of carbonyl (C=O) groups excluding carboxylic acids is 3. The van der Waals surface area contributed by atoms with Crippen LogP contribution in [-0.4, -0.2) is 59.3 Å². The molecule has 0 spiro atoms. The Kier molecular flexibility index (Phi) is 6.78. The van der Waals surface area contributed by atoms with E-state index in [2.05, 4.69) is 29.4 Å². The quantitative estimate of drug-likeness (QED) is 0.515. The molecule has 4 rings (SSSR count). The number of methoxy groups -OCH3 is 1. The van der Waals surface area contributed by atoms with Crippen LogP contribution < -0.4 is 0 Å². The van der Waals surface area contributed by atoms with Gasteiger partial charge in [0.05, 0.1) is 25.3 Å². The number of aromatic nitrogens is 2. The van der Waals surface area contributed by atoms with Gasteiger partial charge in [-0.05, 0) is 38.3 Å². The van der Waals surface area contributed by atoms with Crippen LogP contribution in [0.25, 0.3) is 10.2 Å². The molecule has 33 heavy (non-hydrogen) atoms. The number of hydrogen-bond donors (Lipinski definition) is 0. The third-order valence-corrected chi connectivity index (χ3v) is 7.10. The van der Waals surface area contributed by atoms with Gasteiger partial charge in [-0.25, -0.2) is 4.79 Å². The van der Waals surface area contributed by atoms with Crippen molar-refractivity contribution < 1.29 is 23.9 Å². The molecule has 0 aliphatic carbocycles. The van der Waals surface area contributed by atoms with Crippen molar-refractivity contribution in [1.29, 1.82) is 0 Å². The van der Waals surface area contributed by atoms with Crippen LogP contribution in [0.3, 0.4) is 0 Å². The monoisotopic (exact) mass is 469 g/mol. The predicted octanol–water partition coefficient (Wildman–Crippen LogP) is 3.33. The van der Waals surface area contributed by atoms with Crippen LogP contribution in [0.15, 0.2) is 30.3 Å². The van der Waals surface area contributed by atoms with Crippen molar-refractivity contribution in [3.63, 3.8) is 0 Å². The minimum atomic E-state index is -0.518. The van der Waals surface area contributed by atoms with Crippen molar-refractivity contribution in [2.45, 2.75) is 33.2 Å². The first-order chi connectivity index (χ1) is 15.9. The summed E-state index contributed by atoms with van der Waals surface area (Å²) in [5, 5.41) is 5.52. The molecular weight excluding hydrogens is 442 g/mol. The number of aryl methyl sites for hydroxylation is 2. The van der Waals surface area contributed by atoms with Crippen molar-refractivity contribution in [3.05, 3.63) is 52.0 Å². The Bertz CT molecular complexity index is 1170. The van der Waals surface area contributed by atoms with Crippen molar-refractivity contribution in [1.82, 2.24) is 14.7 Å². The van der Waals surface area contributed by atoms with Gasteiger partial charge in [0.15, 0.2) is 6.61 Å². The molecule has 1 saturated heterocycles. The van der Waals surface area contributed by atoms with Gasteiger partial charge in [-0.1, -0.05) is 29.8 Å². The van der Waals surface area contributed by atoms with E-state index in [-0.39, 0.29) is 24.4 Å². The fourth-order valence-electron chi connectivity index (χ4n) is 4.01. The Hall–Kier alpha value is -3.20. The minimum absolute atomic E-state index is 0.178. The number of rotatable bonds is 6. The Morgan fingerprint density at radius 3 is 2.48 bits per heavy atom. The summed E-state index contributed by atoms with van der Waals surface area (Å²) in [4.78, 5) is 39.7. The van der Waals surface area contributed by atoms with E-state index in [1.54, 1.807) is 11.0 Å². The molecule has 8 nitrogen and oxygen atoms in total. The van der Waals surface area contributed by atoms with E-state index in [4.69, 9.17) is 9.47 Å². The molecule has 0 radical (unpaired) electrons. The number of esters is 2. The molecule has 1 fully saturated rings. The Morgan fingerprint density at radius 1 is 1.12 bits per heavy atom. The largest absolute Gasteiger partial charge is 0.469 e. The van der Waals surface area contributed by atoms with Gasteiger partial charge in [0, 0.05) is 18.5 Å². The number of likely N-dealkylation sites (tertiary alicyclic amines) is 1. The van der Waals surface area contributed by atoms with Gasteiger partial charge in [-0.2, -0.15) is 5.10 Å². The summed E-state index contributed by atoms with van der Waals surface area (Å²) in [7, 11) is 1.37. The number of carbonyl (C=O) groups is 3. The SMILES string of the molecule is COC(=O)C1CCN(C(=O)COC(=O)c2cc3c(C)nn(Cc4ccc(C)cc4)c3s2)CC1. The summed E-state index contributed by atoms with van der Waals surface area (Å²) in [6.07, 6.45) is 1.11. The second-order valence-electron chi connectivity index (χ2n) is 8.31. The number of amides is 1. The molecule has 9 heteroatoms. The van der Waals surface area contributed by atoms with E-state index < -0.39 is 5.97 Å². The lowest BCUT2D eigenvalue weighted by atomic mass is 9.97. The number of fused-ring (bicyclic) bond motifs is 1. The lowest BCUT2D eigenvalue weighted by Crippen LogP contribution is -2.42. The fraction of sp³-hybridized carbons (Fsp3) is 0.417. The average molecular weight is 470 g/mol. The predicted molar refractivity (Wildman–Crippen MR) is 124 cm³/mol. The zero-order chi connectivity index (χ0) is 23.5. The number of thiophene rings is 1. The normalized spacial score (nSPS) is 14.5. The third-order valence-electron chi connectivity index (χ3n) is 5.97. The van der Waals surface area contributed by atoms with Crippen LogP contribution in [-0.2, 0) is 25.6 Å². The molecule has 174 valence electrons. The fourth-order valence-corrected chi connectivity index (χ4v) is 5.06. The van der Waals surface area contributed by atoms with E-state index in [1.807, 2.05) is 18.5 Å². The summed E-state index contributed by atoms with van der Waals surface area (Å²) in [6, 6.07) is 10.0. The molecule has 1 aromatic carbocycles. The lowest BCUT2D eigenvalue weighted by molar-refractivity contribution is -0.149. The molecule has 1 aliphatic heterocycles. The van der Waals surface area contributed by atoms with Crippen molar-refractivity contribution in [2.75, 3.05) is 26.8 Å². The van der Waals surface area contributed by atoms with E-state index in [0.717, 1.165) is 21.5 Å². The molecule has 0 N–H and O–H groups in total. The van der Waals surface area contributed by atoms with Crippen molar-refractivity contribution in [3.8, 4) is 0 Å². The van der Waals surface area contributed by atoms with Crippen LogP contribution in [0.5, 0.6) is 0 Å². The van der Waals surface area contributed by atoms with Crippen LogP contribution in [0, 0.1) is 19.8 Å². The molecule has 0 bridgehead atoms. The van der Waals surface area contributed by atoms with Crippen LogP contribution in [0.2, 0.25) is 0 Å². The van der Waals surface area contributed by atoms with Gasteiger partial charge in [0.25, 0.3) is 5.91 Å². The highest BCUT2D eigenvalue weighted by atomic mass is 32.1. The van der Waals surface area contributed by atoms with Gasteiger partial charge >= 0.3 is 11.9 Å². The standard InChI is InChI=1S/C24H27N3O5S/c1-15-4-6-17(7-5-15)13-27-22-19(16(2)25-27)12-20(33-22)24(30)32-14-21(28)26-10-8-18(9-11-26)23(29)31-3/h4-7,12,18H,8-11,13-14H2,1-3H3. The Balaban J connectivity index is 1.37. The molecule has 3 aromatic rings. The zero-order valence-electron chi connectivity index (χ0n) is 19.0. The first-order valence-corrected chi connectivity index (χ1v) is 11.7. The Morgan fingerprint density at radius 2 is 1.82 bits per heavy atom. The molecule has 1 aliphatic rings. The van der Waals surface area contributed by atoms with Gasteiger partial charge in [0.1, 0.15) is 9.71 Å². The molecule has 2 aromatic heterocycles. The summed E-state index contributed by atoms with van der Waals surface area (Å²) >= 11 is 1.32.